The number of aromatic nitrogens is 4. The van der Waals surface area contributed by atoms with Gasteiger partial charge in [0.05, 0.1) is 11.4 Å². The molecular weight excluding hydrogens is 631 g/mol. The number of fused-ring (bicyclic) bond motifs is 2. The third-order valence-corrected chi connectivity index (χ3v) is 13.2. The summed E-state index contributed by atoms with van der Waals surface area (Å²) in [5, 5.41) is 4.02. The van der Waals surface area contributed by atoms with E-state index < -0.39 is 0 Å². The van der Waals surface area contributed by atoms with Crippen LogP contribution in [-0.4, -0.2) is 20.4 Å². The van der Waals surface area contributed by atoms with Crippen molar-refractivity contribution in [1.29, 1.82) is 0 Å². The fourth-order valence-corrected chi connectivity index (χ4v) is 12.0. The number of hydrogen-bond donors (Lipinski definition) is 0. The van der Waals surface area contributed by atoms with Crippen molar-refractivity contribution in [3.05, 3.63) is 137 Å². The maximum Gasteiger partial charge on any atom is 0.339 e. The average molecular weight is 657 g/mol. The minimum absolute atomic E-state index is 0.0713. The largest absolute Gasteiger partial charge is 0.339 e. The summed E-state index contributed by atoms with van der Waals surface area (Å²) in [6.07, 6.45) is 0. The number of para-hydroxylation sites is 4. The molecule has 11 heteroatoms. The Balaban J connectivity index is 0.00000147. The normalized spacial score (nSPS) is 14.3. The lowest BCUT2D eigenvalue weighted by atomic mass is 10.3. The Morgan fingerprint density at radius 1 is 0.465 bits per heavy atom. The lowest BCUT2D eigenvalue weighted by Gasteiger charge is -2.18. The molecule has 2 aromatic heterocycles. The van der Waals surface area contributed by atoms with Crippen LogP contribution < -0.4 is 5.69 Å². The molecule has 2 aliphatic rings. The SMILES string of the molecule is CC.O=c1n(-c2ccccc2)c2c(n1-c1ccccc1)S[N+]1(S2)Sc2c(n(-c3ccccc3)c(=S)n2-c2ccccc2)S1. The van der Waals surface area contributed by atoms with Crippen LogP contribution in [0.15, 0.2) is 146 Å². The number of benzene rings is 4. The lowest BCUT2D eigenvalue weighted by Crippen LogP contribution is -2.24. The van der Waals surface area contributed by atoms with Crippen molar-refractivity contribution >= 4 is 60.0 Å². The van der Waals surface area contributed by atoms with Crippen LogP contribution in [0.1, 0.15) is 13.8 Å². The Kier molecular flexibility index (Phi) is 7.70. The molecule has 8 rings (SSSR count). The van der Waals surface area contributed by atoms with Gasteiger partial charge in [0, 0.05) is 11.4 Å². The molecule has 1 spiro atoms. The zero-order valence-electron chi connectivity index (χ0n) is 23.2. The number of nitrogens with zero attached hydrogens (tertiary/aromatic N) is 5. The Labute approximate surface area is 272 Å². The van der Waals surface area contributed by atoms with Gasteiger partial charge in [0.2, 0.25) is 0 Å². The summed E-state index contributed by atoms with van der Waals surface area (Å²) in [4.78, 5) is 14.0. The van der Waals surface area contributed by atoms with Gasteiger partial charge in [-0.15, -0.1) is 0 Å². The Bertz CT molecular complexity index is 1740. The predicted octanol–water partition coefficient (Wildman–Crippen LogP) is 9.54. The molecule has 0 N–H and O–H groups in total. The number of hydrogen-bond acceptors (Lipinski definition) is 6. The van der Waals surface area contributed by atoms with E-state index in [1.54, 1.807) is 47.8 Å². The number of imidazole rings is 2. The van der Waals surface area contributed by atoms with E-state index in [2.05, 4.69) is 33.4 Å². The Hall–Kier alpha value is -3.32. The number of rotatable bonds is 4. The van der Waals surface area contributed by atoms with Crippen LogP contribution in [0.3, 0.4) is 0 Å². The topological polar surface area (TPSA) is 36.8 Å². The van der Waals surface area contributed by atoms with Crippen LogP contribution in [0.25, 0.3) is 22.7 Å². The maximum atomic E-state index is 14.0. The summed E-state index contributed by atoms with van der Waals surface area (Å²) in [5.74, 6) is 0. The van der Waals surface area contributed by atoms with E-state index in [-0.39, 0.29) is 5.69 Å². The molecule has 0 radical (unpaired) electrons. The van der Waals surface area contributed by atoms with Crippen molar-refractivity contribution in [2.24, 2.45) is 0 Å². The fraction of sp³-hybridized carbons (Fsp3) is 0.0625. The molecule has 0 aliphatic carbocycles. The van der Waals surface area contributed by atoms with Gasteiger partial charge in [-0.05, 0) is 60.7 Å². The second-order valence-corrected chi connectivity index (χ2v) is 15.5. The first-order valence-corrected chi connectivity index (χ1v) is 17.3. The van der Waals surface area contributed by atoms with Gasteiger partial charge >= 0.3 is 5.69 Å². The van der Waals surface area contributed by atoms with E-state index >= 15 is 0 Å². The molecule has 0 unspecified atom stereocenters. The second-order valence-electron chi connectivity index (χ2n) is 9.28. The highest BCUT2D eigenvalue weighted by Crippen LogP contribution is 2.71. The van der Waals surface area contributed by atoms with Gasteiger partial charge in [0.1, 0.15) is 0 Å². The second kappa shape index (κ2) is 11.6. The molecular formula is C32H26N5OS5+. The van der Waals surface area contributed by atoms with Crippen LogP contribution in [0.4, 0.5) is 0 Å². The van der Waals surface area contributed by atoms with Crippen LogP contribution >= 0.6 is 60.0 Å². The maximum absolute atomic E-state index is 14.0. The van der Waals surface area contributed by atoms with E-state index in [0.29, 0.717) is 2.10 Å². The predicted molar refractivity (Wildman–Crippen MR) is 182 cm³/mol. The summed E-state index contributed by atoms with van der Waals surface area (Å²) in [5.41, 5.74) is 3.68. The van der Waals surface area contributed by atoms with Gasteiger partial charge in [-0.25, -0.2) is 13.9 Å². The lowest BCUT2D eigenvalue weighted by molar-refractivity contribution is -0.268. The Morgan fingerprint density at radius 2 is 0.721 bits per heavy atom. The molecule has 0 amide bonds. The van der Waals surface area contributed by atoms with Crippen LogP contribution in [0.2, 0.25) is 0 Å². The van der Waals surface area contributed by atoms with Gasteiger partial charge < -0.3 is 0 Å². The van der Waals surface area contributed by atoms with E-state index in [1.165, 1.54) is 0 Å². The smallest absolute Gasteiger partial charge is 0.274 e. The average Bonchev–Trinajstić information content (AvgIpc) is 3.74. The minimum atomic E-state index is -0.0713. The molecule has 6 aromatic rings. The molecule has 0 bridgehead atoms. The highest BCUT2D eigenvalue weighted by atomic mass is 32.3. The molecule has 214 valence electrons. The third kappa shape index (κ3) is 4.75. The van der Waals surface area contributed by atoms with Crippen molar-refractivity contribution < 1.29 is 2.10 Å². The van der Waals surface area contributed by atoms with Crippen molar-refractivity contribution in [2.75, 3.05) is 0 Å². The first kappa shape index (κ1) is 28.5. The van der Waals surface area contributed by atoms with Crippen molar-refractivity contribution in [3.8, 4) is 22.7 Å². The fourth-order valence-electron chi connectivity index (χ4n) is 5.00. The summed E-state index contributed by atoms with van der Waals surface area (Å²) in [6, 6.07) is 40.3. The van der Waals surface area contributed by atoms with E-state index in [4.69, 9.17) is 12.2 Å². The van der Waals surface area contributed by atoms with Crippen molar-refractivity contribution in [3.63, 3.8) is 0 Å². The summed E-state index contributed by atoms with van der Waals surface area (Å²) < 4.78 is 9.24. The van der Waals surface area contributed by atoms with E-state index in [9.17, 15) is 4.79 Å². The molecule has 6 nitrogen and oxygen atoms in total. The zero-order valence-corrected chi connectivity index (χ0v) is 27.3. The molecule has 43 heavy (non-hydrogen) atoms. The van der Waals surface area contributed by atoms with E-state index in [0.717, 1.165) is 47.6 Å². The molecule has 0 saturated carbocycles. The quantitative estimate of drug-likeness (QED) is 0.107. The van der Waals surface area contributed by atoms with Gasteiger partial charge in [-0.2, -0.15) is 0 Å². The summed E-state index contributed by atoms with van der Waals surface area (Å²) in [7, 11) is 0. The van der Waals surface area contributed by atoms with Crippen LogP contribution in [0, 0.1) is 4.77 Å². The molecule has 4 heterocycles. The zero-order chi connectivity index (χ0) is 29.6. The number of quaternary nitrogens is 1. The van der Waals surface area contributed by atoms with Gasteiger partial charge in [0.25, 0.3) is 0 Å². The molecule has 4 aromatic carbocycles. The highest BCUT2D eigenvalue weighted by molar-refractivity contribution is 8.31. The molecule has 0 fully saturated rings. The summed E-state index contributed by atoms with van der Waals surface area (Å²) >= 11 is 12.9. The molecule has 2 aliphatic heterocycles. The van der Waals surface area contributed by atoms with Crippen LogP contribution in [-0.2, 0) is 0 Å². The monoisotopic (exact) mass is 656 g/mol. The van der Waals surface area contributed by atoms with Crippen LogP contribution in [0.5, 0.6) is 0 Å². The standard InChI is InChI=1S/C30H20N5OS5.C2H6/c36-29-31(21-13-5-1-6-14-21)25-26(32(29)22-15-7-2-8-16-22)39-35(38-25)40-27-28(41-35)34(24-19-11-4-12-20-24)30(37)33(27)23-17-9-3-10-18-23;1-2/h1-20H;1-2H3/q+1;. The van der Waals surface area contributed by atoms with Gasteiger partial charge in [0.15, 0.2) is 72.7 Å². The first-order valence-electron chi connectivity index (χ1n) is 13.8. The van der Waals surface area contributed by atoms with Gasteiger partial charge in [-0.1, -0.05) is 88.7 Å². The molecule has 0 saturated heterocycles. The third-order valence-electron chi connectivity index (χ3n) is 6.79. The first-order chi connectivity index (χ1) is 21.1. The van der Waals surface area contributed by atoms with Gasteiger partial charge in [-0.3, -0.25) is 9.13 Å². The minimum Gasteiger partial charge on any atom is -0.274 e. The Morgan fingerprint density at radius 3 is 1.02 bits per heavy atom. The van der Waals surface area contributed by atoms with Crippen molar-refractivity contribution in [1.82, 2.24) is 18.3 Å². The summed E-state index contributed by atoms with van der Waals surface area (Å²) in [6.45, 7) is 4.00. The highest BCUT2D eigenvalue weighted by Gasteiger charge is 2.58. The van der Waals surface area contributed by atoms with E-state index in [1.807, 2.05) is 120 Å². The molecule has 0 atom stereocenters. The van der Waals surface area contributed by atoms with Crippen molar-refractivity contribution in [2.45, 2.75) is 34.0 Å².